The maximum atomic E-state index is 11.4. The van der Waals surface area contributed by atoms with Crippen LogP contribution in [0.5, 0.6) is 0 Å². The van der Waals surface area contributed by atoms with E-state index in [1.165, 1.54) is 26.4 Å². The van der Waals surface area contributed by atoms with Gasteiger partial charge in [-0.15, -0.1) is 0 Å². The van der Waals surface area contributed by atoms with Gasteiger partial charge in [-0.3, -0.25) is 0 Å². The SMILES string of the molecule is COC(=O)C1OC1(C)CCCC(C)CCCC(C)(C)OC. The molecule has 0 aromatic rings. The normalized spacial score (nSPS) is 26.5. The van der Waals surface area contributed by atoms with Crippen LogP contribution < -0.4 is 0 Å². The van der Waals surface area contributed by atoms with Gasteiger partial charge in [0.2, 0.25) is 0 Å². The van der Waals surface area contributed by atoms with Crippen molar-refractivity contribution in [3.8, 4) is 0 Å². The summed E-state index contributed by atoms with van der Waals surface area (Å²) >= 11 is 0. The molecule has 1 rings (SSSR count). The van der Waals surface area contributed by atoms with Crippen molar-refractivity contribution < 1.29 is 19.0 Å². The van der Waals surface area contributed by atoms with Crippen LogP contribution in [0, 0.1) is 5.92 Å². The number of epoxide rings is 1. The minimum absolute atomic E-state index is 0.0111. The van der Waals surface area contributed by atoms with E-state index < -0.39 is 0 Å². The minimum atomic E-state index is -0.347. The monoisotopic (exact) mass is 300 g/mol. The highest BCUT2D eigenvalue weighted by atomic mass is 16.6. The molecule has 1 saturated heterocycles. The zero-order valence-electron chi connectivity index (χ0n) is 14.5. The molecule has 0 N–H and O–H groups in total. The quantitative estimate of drug-likeness (QED) is 0.456. The molecule has 1 fully saturated rings. The van der Waals surface area contributed by atoms with Crippen molar-refractivity contribution in [2.75, 3.05) is 14.2 Å². The molecule has 4 nitrogen and oxygen atoms in total. The van der Waals surface area contributed by atoms with Crippen LogP contribution >= 0.6 is 0 Å². The van der Waals surface area contributed by atoms with Gasteiger partial charge in [-0.1, -0.05) is 32.6 Å². The van der Waals surface area contributed by atoms with Crippen LogP contribution in [0.2, 0.25) is 0 Å². The number of methoxy groups -OCH3 is 2. The number of rotatable bonds is 10. The Morgan fingerprint density at radius 3 is 2.48 bits per heavy atom. The van der Waals surface area contributed by atoms with Crippen molar-refractivity contribution in [1.29, 1.82) is 0 Å². The average Bonchev–Trinajstić information content (AvgIpc) is 3.10. The third-order valence-corrected chi connectivity index (χ3v) is 4.70. The molecule has 0 spiro atoms. The van der Waals surface area contributed by atoms with E-state index in [0.29, 0.717) is 5.92 Å². The molecule has 0 amide bonds. The van der Waals surface area contributed by atoms with Gasteiger partial charge in [0.1, 0.15) is 5.60 Å². The first-order chi connectivity index (χ1) is 9.74. The number of ether oxygens (including phenoxy) is 3. The van der Waals surface area contributed by atoms with Crippen LogP contribution in [-0.4, -0.2) is 37.5 Å². The summed E-state index contributed by atoms with van der Waals surface area (Å²) in [6.45, 7) is 8.57. The molecule has 0 bridgehead atoms. The second kappa shape index (κ2) is 7.59. The highest BCUT2D eigenvalue weighted by molar-refractivity contribution is 5.79. The standard InChI is InChI=1S/C17H32O4/c1-13(9-7-11-16(2,3)20-6)10-8-12-17(4)14(21-17)15(18)19-5/h13-14H,7-12H2,1-6H3. The first kappa shape index (κ1) is 18.4. The van der Waals surface area contributed by atoms with Crippen molar-refractivity contribution in [2.45, 2.75) is 83.5 Å². The second-order valence-corrected chi connectivity index (χ2v) is 7.19. The van der Waals surface area contributed by atoms with E-state index in [9.17, 15) is 4.79 Å². The van der Waals surface area contributed by atoms with Gasteiger partial charge in [0.25, 0.3) is 0 Å². The first-order valence-corrected chi connectivity index (χ1v) is 8.05. The van der Waals surface area contributed by atoms with E-state index in [-0.39, 0.29) is 23.3 Å². The van der Waals surface area contributed by atoms with Gasteiger partial charge in [0.05, 0.1) is 12.7 Å². The molecule has 21 heavy (non-hydrogen) atoms. The zero-order valence-corrected chi connectivity index (χ0v) is 14.5. The largest absolute Gasteiger partial charge is 0.467 e. The highest BCUT2D eigenvalue weighted by Gasteiger charge is 2.57. The van der Waals surface area contributed by atoms with E-state index in [2.05, 4.69) is 20.8 Å². The Morgan fingerprint density at radius 1 is 1.29 bits per heavy atom. The maximum Gasteiger partial charge on any atom is 0.338 e. The number of hydrogen-bond acceptors (Lipinski definition) is 4. The van der Waals surface area contributed by atoms with Gasteiger partial charge >= 0.3 is 5.97 Å². The summed E-state index contributed by atoms with van der Waals surface area (Å²) < 4.78 is 15.6. The fraction of sp³-hybridized carbons (Fsp3) is 0.941. The second-order valence-electron chi connectivity index (χ2n) is 7.19. The molecule has 3 atom stereocenters. The lowest BCUT2D eigenvalue weighted by atomic mass is 9.91. The van der Waals surface area contributed by atoms with E-state index in [4.69, 9.17) is 14.2 Å². The summed E-state index contributed by atoms with van der Waals surface area (Å²) in [6, 6.07) is 0. The van der Waals surface area contributed by atoms with E-state index in [0.717, 1.165) is 19.3 Å². The molecule has 1 heterocycles. The Hall–Kier alpha value is -0.610. The molecular formula is C17H32O4. The summed E-state index contributed by atoms with van der Waals surface area (Å²) in [4.78, 5) is 11.4. The topological polar surface area (TPSA) is 48.1 Å². The van der Waals surface area contributed by atoms with Gasteiger partial charge in [0, 0.05) is 7.11 Å². The van der Waals surface area contributed by atoms with Gasteiger partial charge in [-0.05, 0) is 39.5 Å². The van der Waals surface area contributed by atoms with Crippen LogP contribution in [-0.2, 0) is 19.0 Å². The fourth-order valence-electron chi connectivity index (χ4n) is 2.75. The van der Waals surface area contributed by atoms with Gasteiger partial charge in [-0.25, -0.2) is 4.79 Å². The molecule has 1 aliphatic heterocycles. The van der Waals surface area contributed by atoms with Crippen LogP contribution in [0.15, 0.2) is 0 Å². The number of esters is 1. The summed E-state index contributed by atoms with van der Waals surface area (Å²) in [5.41, 5.74) is -0.298. The Morgan fingerprint density at radius 2 is 1.90 bits per heavy atom. The molecule has 124 valence electrons. The predicted molar refractivity (Wildman–Crippen MR) is 83.2 cm³/mol. The van der Waals surface area contributed by atoms with Crippen LogP contribution in [0.25, 0.3) is 0 Å². The van der Waals surface area contributed by atoms with Gasteiger partial charge < -0.3 is 14.2 Å². The molecular weight excluding hydrogens is 268 g/mol. The lowest BCUT2D eigenvalue weighted by Gasteiger charge is -2.23. The zero-order chi connectivity index (χ0) is 16.1. The van der Waals surface area contributed by atoms with Crippen molar-refractivity contribution in [2.24, 2.45) is 5.92 Å². The fourth-order valence-corrected chi connectivity index (χ4v) is 2.75. The molecule has 0 aromatic carbocycles. The third-order valence-electron chi connectivity index (χ3n) is 4.70. The summed E-state index contributed by atoms with van der Waals surface area (Å²) in [7, 11) is 3.19. The van der Waals surface area contributed by atoms with E-state index in [1.54, 1.807) is 7.11 Å². The Labute approximate surface area is 129 Å². The minimum Gasteiger partial charge on any atom is -0.467 e. The lowest BCUT2D eigenvalue weighted by Crippen LogP contribution is -2.22. The maximum absolute atomic E-state index is 11.4. The Kier molecular flexibility index (Phi) is 6.67. The molecule has 3 unspecified atom stereocenters. The third kappa shape index (κ3) is 5.95. The molecule has 4 heteroatoms. The van der Waals surface area contributed by atoms with Gasteiger partial charge in [0.15, 0.2) is 6.10 Å². The molecule has 0 aromatic heterocycles. The van der Waals surface area contributed by atoms with E-state index in [1.807, 2.05) is 6.92 Å². The first-order valence-electron chi connectivity index (χ1n) is 8.05. The van der Waals surface area contributed by atoms with Crippen molar-refractivity contribution in [1.82, 2.24) is 0 Å². The number of carbonyl (C=O) groups excluding carboxylic acids is 1. The lowest BCUT2D eigenvalue weighted by molar-refractivity contribution is -0.142. The van der Waals surface area contributed by atoms with Crippen molar-refractivity contribution in [3.63, 3.8) is 0 Å². The molecule has 1 aliphatic rings. The molecule has 0 radical (unpaired) electrons. The van der Waals surface area contributed by atoms with Crippen molar-refractivity contribution >= 4 is 5.97 Å². The summed E-state index contributed by atoms with van der Waals surface area (Å²) in [5, 5.41) is 0. The van der Waals surface area contributed by atoms with Crippen LogP contribution in [0.3, 0.4) is 0 Å². The average molecular weight is 300 g/mol. The summed E-state index contributed by atoms with van der Waals surface area (Å²) in [6.07, 6.45) is 6.38. The van der Waals surface area contributed by atoms with Crippen molar-refractivity contribution in [3.05, 3.63) is 0 Å². The predicted octanol–water partition coefficient (Wildman–Crippen LogP) is 3.72. The molecule has 0 saturated carbocycles. The number of hydrogen-bond donors (Lipinski definition) is 0. The molecule has 0 aliphatic carbocycles. The number of carbonyl (C=O) groups is 1. The summed E-state index contributed by atoms with van der Waals surface area (Å²) in [5.74, 6) is 0.462. The van der Waals surface area contributed by atoms with Crippen LogP contribution in [0.4, 0.5) is 0 Å². The van der Waals surface area contributed by atoms with Gasteiger partial charge in [-0.2, -0.15) is 0 Å². The Balaban J connectivity index is 2.12. The smallest absolute Gasteiger partial charge is 0.338 e. The highest BCUT2D eigenvalue weighted by Crippen LogP contribution is 2.41. The van der Waals surface area contributed by atoms with Crippen LogP contribution in [0.1, 0.15) is 66.2 Å². The van der Waals surface area contributed by atoms with E-state index >= 15 is 0 Å². The Bertz CT molecular complexity index is 340.